The maximum Gasteiger partial charge on any atom is 0.306 e. The summed E-state index contributed by atoms with van der Waals surface area (Å²) < 4.78 is 4.97. The van der Waals surface area contributed by atoms with Gasteiger partial charge in [-0.3, -0.25) is 14.4 Å². The third-order valence-electron chi connectivity index (χ3n) is 3.96. The van der Waals surface area contributed by atoms with Gasteiger partial charge in [0, 0.05) is 11.3 Å². The van der Waals surface area contributed by atoms with Gasteiger partial charge in [-0.25, -0.2) is 0 Å². The van der Waals surface area contributed by atoms with Gasteiger partial charge in [-0.15, -0.1) is 11.3 Å². The Labute approximate surface area is 145 Å². The number of nitrogens with two attached hydrogens (primary N) is 1. The third-order valence-corrected chi connectivity index (χ3v) is 5.17. The maximum atomic E-state index is 12.0. The number of carbonyl (C=O) groups is 3. The number of hydrogen-bond donors (Lipinski definition) is 2. The average molecular weight is 352 g/mol. The van der Waals surface area contributed by atoms with Crippen molar-refractivity contribution in [1.82, 2.24) is 0 Å². The molecule has 0 aromatic carbocycles. The summed E-state index contributed by atoms with van der Waals surface area (Å²) in [5.74, 6) is -0.964. The van der Waals surface area contributed by atoms with E-state index in [1.807, 2.05) is 13.8 Å². The molecule has 0 bridgehead atoms. The van der Waals surface area contributed by atoms with E-state index < -0.39 is 11.8 Å². The van der Waals surface area contributed by atoms with Crippen molar-refractivity contribution >= 4 is 34.1 Å². The molecule has 1 aromatic rings. The van der Waals surface area contributed by atoms with Gasteiger partial charge < -0.3 is 15.8 Å². The number of nitrogens with one attached hydrogen (secondary N) is 1. The number of esters is 1. The average Bonchev–Trinajstić information content (AvgIpc) is 2.88. The first-order valence-corrected chi connectivity index (χ1v) is 9.10. The first-order chi connectivity index (χ1) is 11.4. The second kappa shape index (κ2) is 8.28. The second-order valence-electron chi connectivity index (χ2n) is 6.42. The Balaban J connectivity index is 1.95. The zero-order valence-corrected chi connectivity index (χ0v) is 15.0. The van der Waals surface area contributed by atoms with Crippen LogP contribution >= 0.6 is 11.3 Å². The highest BCUT2D eigenvalue weighted by Gasteiger charge is 2.25. The van der Waals surface area contributed by atoms with Crippen LogP contribution in [0.3, 0.4) is 0 Å². The molecule has 0 aliphatic heterocycles. The number of anilines is 1. The predicted molar refractivity (Wildman–Crippen MR) is 93.1 cm³/mol. The van der Waals surface area contributed by atoms with Crippen LogP contribution in [-0.4, -0.2) is 24.4 Å². The fourth-order valence-electron chi connectivity index (χ4n) is 2.70. The lowest BCUT2D eigenvalue weighted by molar-refractivity contribution is -0.147. The Morgan fingerprint density at radius 1 is 1.25 bits per heavy atom. The molecular formula is C17H24N2O4S. The Hall–Kier alpha value is -1.89. The molecule has 0 atom stereocenters. The van der Waals surface area contributed by atoms with E-state index in [0.717, 1.165) is 42.5 Å². The summed E-state index contributed by atoms with van der Waals surface area (Å²) >= 11 is 1.39. The third kappa shape index (κ3) is 4.80. The zero-order chi connectivity index (χ0) is 17.7. The molecule has 0 saturated heterocycles. The van der Waals surface area contributed by atoms with Gasteiger partial charge in [-0.05, 0) is 43.6 Å². The first-order valence-electron chi connectivity index (χ1n) is 8.28. The SMILES string of the molecule is CC(C)CCC(=O)OCC(=O)Nc1sc2c(c1C(N)=O)CCCC2. The van der Waals surface area contributed by atoms with Crippen molar-refractivity contribution in [3.63, 3.8) is 0 Å². The van der Waals surface area contributed by atoms with Crippen LogP contribution in [0, 0.1) is 5.92 Å². The van der Waals surface area contributed by atoms with E-state index >= 15 is 0 Å². The lowest BCUT2D eigenvalue weighted by Crippen LogP contribution is -2.23. The van der Waals surface area contributed by atoms with Crippen molar-refractivity contribution in [3.8, 4) is 0 Å². The molecule has 6 nitrogen and oxygen atoms in total. The number of aryl methyl sites for hydroxylation is 1. The van der Waals surface area contributed by atoms with Crippen LogP contribution in [-0.2, 0) is 27.2 Å². The Morgan fingerprint density at radius 2 is 1.96 bits per heavy atom. The molecule has 2 amide bonds. The van der Waals surface area contributed by atoms with Crippen molar-refractivity contribution in [2.24, 2.45) is 11.7 Å². The van der Waals surface area contributed by atoms with Crippen molar-refractivity contribution in [2.75, 3.05) is 11.9 Å². The van der Waals surface area contributed by atoms with Crippen LogP contribution in [0.5, 0.6) is 0 Å². The highest BCUT2D eigenvalue weighted by atomic mass is 32.1. The monoisotopic (exact) mass is 352 g/mol. The highest BCUT2D eigenvalue weighted by molar-refractivity contribution is 7.17. The van der Waals surface area contributed by atoms with Crippen LogP contribution in [0.1, 0.15) is 60.3 Å². The summed E-state index contributed by atoms with van der Waals surface area (Å²) in [6.07, 6.45) is 4.83. The van der Waals surface area contributed by atoms with Gasteiger partial charge in [0.05, 0.1) is 5.56 Å². The number of carbonyl (C=O) groups excluding carboxylic acids is 3. The van der Waals surface area contributed by atoms with Crippen LogP contribution in [0.15, 0.2) is 0 Å². The van der Waals surface area contributed by atoms with E-state index in [-0.39, 0.29) is 12.6 Å². The van der Waals surface area contributed by atoms with Crippen LogP contribution in [0.2, 0.25) is 0 Å². The molecule has 0 radical (unpaired) electrons. The zero-order valence-electron chi connectivity index (χ0n) is 14.1. The van der Waals surface area contributed by atoms with Crippen molar-refractivity contribution in [3.05, 3.63) is 16.0 Å². The lowest BCUT2D eigenvalue weighted by atomic mass is 9.95. The van der Waals surface area contributed by atoms with E-state index in [2.05, 4.69) is 5.32 Å². The van der Waals surface area contributed by atoms with Crippen molar-refractivity contribution in [2.45, 2.75) is 52.4 Å². The molecule has 132 valence electrons. The number of hydrogen-bond acceptors (Lipinski definition) is 5. The van der Waals surface area contributed by atoms with Gasteiger partial charge in [-0.1, -0.05) is 13.8 Å². The molecule has 2 rings (SSSR count). The number of rotatable bonds is 7. The Bertz CT molecular complexity index is 637. The topological polar surface area (TPSA) is 98.5 Å². The van der Waals surface area contributed by atoms with Crippen LogP contribution < -0.4 is 11.1 Å². The molecule has 7 heteroatoms. The summed E-state index contributed by atoms with van der Waals surface area (Å²) in [6.45, 7) is 3.69. The quantitative estimate of drug-likeness (QED) is 0.737. The van der Waals surface area contributed by atoms with Gasteiger partial charge in [-0.2, -0.15) is 0 Å². The number of ether oxygens (including phenoxy) is 1. The highest BCUT2D eigenvalue weighted by Crippen LogP contribution is 2.37. The number of fused-ring (bicyclic) bond motifs is 1. The van der Waals surface area contributed by atoms with Gasteiger partial charge in [0.25, 0.3) is 11.8 Å². The molecular weight excluding hydrogens is 328 g/mol. The normalized spacial score (nSPS) is 13.5. The Morgan fingerprint density at radius 3 is 2.62 bits per heavy atom. The minimum atomic E-state index is -0.529. The lowest BCUT2D eigenvalue weighted by Gasteiger charge is -2.11. The minimum Gasteiger partial charge on any atom is -0.456 e. The molecule has 1 aromatic heterocycles. The van der Waals surface area contributed by atoms with Crippen molar-refractivity contribution < 1.29 is 19.1 Å². The smallest absolute Gasteiger partial charge is 0.306 e. The molecule has 0 fully saturated rings. The molecule has 24 heavy (non-hydrogen) atoms. The van der Waals surface area contributed by atoms with E-state index in [9.17, 15) is 14.4 Å². The van der Waals surface area contributed by atoms with E-state index in [0.29, 0.717) is 22.9 Å². The van der Waals surface area contributed by atoms with Gasteiger partial charge in [0.1, 0.15) is 5.00 Å². The van der Waals surface area contributed by atoms with Gasteiger partial charge in [0.15, 0.2) is 6.61 Å². The molecule has 1 aliphatic carbocycles. The summed E-state index contributed by atoms with van der Waals surface area (Å²) in [6, 6.07) is 0. The number of amides is 2. The standard InChI is InChI=1S/C17H24N2O4S/c1-10(2)7-8-14(21)23-9-13(20)19-17-15(16(18)22)11-5-3-4-6-12(11)24-17/h10H,3-9H2,1-2H3,(H2,18,22)(H,19,20). The molecule has 1 aliphatic rings. The molecule has 3 N–H and O–H groups in total. The molecule has 1 heterocycles. The minimum absolute atomic E-state index is 0.296. The largest absolute Gasteiger partial charge is 0.456 e. The van der Waals surface area contributed by atoms with E-state index in [1.54, 1.807) is 0 Å². The first kappa shape index (κ1) is 18.4. The fraction of sp³-hybridized carbons (Fsp3) is 0.588. The molecule has 0 spiro atoms. The fourth-order valence-corrected chi connectivity index (χ4v) is 4.01. The second-order valence-corrected chi connectivity index (χ2v) is 7.53. The summed E-state index contributed by atoms with van der Waals surface area (Å²) in [4.78, 5) is 36.4. The van der Waals surface area contributed by atoms with Crippen molar-refractivity contribution in [1.29, 1.82) is 0 Å². The molecule has 0 unspecified atom stereocenters. The summed E-state index contributed by atoms with van der Waals surface area (Å²) in [5, 5.41) is 3.14. The van der Waals surface area contributed by atoms with Gasteiger partial charge >= 0.3 is 5.97 Å². The van der Waals surface area contributed by atoms with Gasteiger partial charge in [0.2, 0.25) is 0 Å². The Kier molecular flexibility index (Phi) is 6.36. The summed E-state index contributed by atoms with van der Waals surface area (Å²) in [7, 11) is 0. The number of thiophene rings is 1. The van der Waals surface area contributed by atoms with E-state index in [4.69, 9.17) is 10.5 Å². The molecule has 0 saturated carbocycles. The number of primary amides is 1. The van der Waals surface area contributed by atoms with E-state index in [1.165, 1.54) is 11.3 Å². The summed E-state index contributed by atoms with van der Waals surface area (Å²) in [5.41, 5.74) is 6.85. The predicted octanol–water partition coefficient (Wildman–Crippen LogP) is 2.64. The van der Waals surface area contributed by atoms with Crippen LogP contribution in [0.25, 0.3) is 0 Å². The van der Waals surface area contributed by atoms with Crippen LogP contribution in [0.4, 0.5) is 5.00 Å². The maximum absolute atomic E-state index is 12.0.